The summed E-state index contributed by atoms with van der Waals surface area (Å²) in [5, 5.41) is 0. The van der Waals surface area contributed by atoms with Crippen molar-refractivity contribution in [1.82, 2.24) is 0 Å². The standard InChI is InChI=1S/C26H42O5/c1-6-7-8-9-19-29-22-15-12-16-23(30-24(27)17-10-13-20(2)3)26(22)31-25(28)18-11-14-21(4)5/h12,15-16,20-21H,6-11,13-14,17-19H2,1-5H3. The van der Waals surface area contributed by atoms with Crippen molar-refractivity contribution in [1.29, 1.82) is 0 Å². The number of carbonyl (C=O) groups excluding carboxylic acids is 2. The molecule has 176 valence electrons. The second-order valence-corrected chi connectivity index (χ2v) is 9.01. The van der Waals surface area contributed by atoms with Crippen LogP contribution in [0.25, 0.3) is 0 Å². The van der Waals surface area contributed by atoms with Crippen LogP contribution >= 0.6 is 0 Å². The molecule has 0 aliphatic rings. The number of carbonyl (C=O) groups is 2. The fourth-order valence-corrected chi connectivity index (χ4v) is 3.15. The van der Waals surface area contributed by atoms with Gasteiger partial charge in [-0.05, 0) is 43.2 Å². The smallest absolute Gasteiger partial charge is 0.311 e. The molecule has 5 nitrogen and oxygen atoms in total. The van der Waals surface area contributed by atoms with E-state index >= 15 is 0 Å². The molecule has 0 N–H and O–H groups in total. The summed E-state index contributed by atoms with van der Waals surface area (Å²) < 4.78 is 17.1. The summed E-state index contributed by atoms with van der Waals surface area (Å²) in [6.07, 6.45) is 8.45. The van der Waals surface area contributed by atoms with Crippen LogP contribution in [0.5, 0.6) is 17.2 Å². The molecule has 0 aromatic heterocycles. The highest BCUT2D eigenvalue weighted by Crippen LogP contribution is 2.38. The van der Waals surface area contributed by atoms with Crippen LogP contribution in [-0.4, -0.2) is 18.5 Å². The van der Waals surface area contributed by atoms with Crippen molar-refractivity contribution in [2.45, 2.75) is 98.8 Å². The lowest BCUT2D eigenvalue weighted by atomic mass is 10.1. The number of hydrogen-bond acceptors (Lipinski definition) is 5. The lowest BCUT2D eigenvalue weighted by Crippen LogP contribution is -2.13. The van der Waals surface area contributed by atoms with Crippen LogP contribution in [0.15, 0.2) is 18.2 Å². The highest BCUT2D eigenvalue weighted by atomic mass is 16.6. The van der Waals surface area contributed by atoms with Crippen LogP contribution in [0.4, 0.5) is 0 Å². The summed E-state index contributed by atoms with van der Waals surface area (Å²) in [6, 6.07) is 5.17. The van der Waals surface area contributed by atoms with Crippen LogP contribution in [0.2, 0.25) is 0 Å². The van der Waals surface area contributed by atoms with Crippen molar-refractivity contribution in [3.8, 4) is 17.2 Å². The average Bonchev–Trinajstić information content (AvgIpc) is 2.69. The molecule has 1 aromatic rings. The molecule has 0 unspecified atom stereocenters. The first kappa shape index (κ1) is 27.0. The van der Waals surface area contributed by atoms with Gasteiger partial charge in [-0.15, -0.1) is 0 Å². The molecule has 31 heavy (non-hydrogen) atoms. The molecular weight excluding hydrogens is 392 g/mol. The van der Waals surface area contributed by atoms with Crippen LogP contribution < -0.4 is 14.2 Å². The Balaban J connectivity index is 2.84. The third-order valence-corrected chi connectivity index (χ3v) is 4.96. The molecule has 5 heteroatoms. The molecule has 0 radical (unpaired) electrons. The number of benzene rings is 1. The van der Waals surface area contributed by atoms with Gasteiger partial charge in [0.05, 0.1) is 6.61 Å². The number of ether oxygens (including phenoxy) is 3. The molecule has 1 rings (SSSR count). The monoisotopic (exact) mass is 434 g/mol. The lowest BCUT2D eigenvalue weighted by Gasteiger charge is -2.15. The summed E-state index contributed by atoms with van der Waals surface area (Å²) >= 11 is 0. The van der Waals surface area contributed by atoms with Gasteiger partial charge in [0.2, 0.25) is 5.75 Å². The van der Waals surface area contributed by atoms with E-state index in [1.165, 1.54) is 0 Å². The Bertz CT molecular complexity index is 651. The number of para-hydroxylation sites is 1. The van der Waals surface area contributed by atoms with E-state index in [4.69, 9.17) is 14.2 Å². The van der Waals surface area contributed by atoms with Crippen LogP contribution in [0, 0.1) is 11.8 Å². The highest BCUT2D eigenvalue weighted by molar-refractivity contribution is 5.77. The Morgan fingerprint density at radius 1 is 0.774 bits per heavy atom. The molecule has 0 fully saturated rings. The van der Waals surface area contributed by atoms with Gasteiger partial charge >= 0.3 is 11.9 Å². The van der Waals surface area contributed by atoms with Crippen molar-refractivity contribution < 1.29 is 23.8 Å². The first-order chi connectivity index (χ1) is 14.8. The predicted molar refractivity (Wildman–Crippen MR) is 125 cm³/mol. The average molecular weight is 435 g/mol. The quantitative estimate of drug-likeness (QED) is 0.158. The van der Waals surface area contributed by atoms with Gasteiger partial charge in [0, 0.05) is 12.8 Å². The zero-order valence-corrected chi connectivity index (χ0v) is 20.2. The molecule has 0 spiro atoms. The van der Waals surface area contributed by atoms with Gasteiger partial charge in [-0.1, -0.05) is 72.8 Å². The van der Waals surface area contributed by atoms with E-state index in [9.17, 15) is 9.59 Å². The molecule has 0 aliphatic heterocycles. The van der Waals surface area contributed by atoms with Gasteiger partial charge in [0.15, 0.2) is 11.5 Å². The summed E-state index contributed by atoms with van der Waals surface area (Å²) in [5.74, 6) is 1.33. The van der Waals surface area contributed by atoms with Crippen molar-refractivity contribution in [3.05, 3.63) is 18.2 Å². The lowest BCUT2D eigenvalue weighted by molar-refractivity contribution is -0.137. The van der Waals surface area contributed by atoms with Crippen LogP contribution in [0.3, 0.4) is 0 Å². The fraction of sp³-hybridized carbons (Fsp3) is 0.692. The van der Waals surface area contributed by atoms with Crippen LogP contribution in [0.1, 0.15) is 98.8 Å². The first-order valence-corrected chi connectivity index (χ1v) is 12.0. The topological polar surface area (TPSA) is 61.8 Å². The third kappa shape index (κ3) is 12.4. The van der Waals surface area contributed by atoms with Crippen molar-refractivity contribution >= 4 is 11.9 Å². The van der Waals surface area contributed by atoms with E-state index in [1.54, 1.807) is 18.2 Å². The fourth-order valence-electron chi connectivity index (χ4n) is 3.15. The molecule has 0 aliphatic carbocycles. The molecule has 0 saturated heterocycles. The number of hydrogen-bond donors (Lipinski definition) is 0. The summed E-state index contributed by atoms with van der Waals surface area (Å²) in [4.78, 5) is 24.7. The maximum Gasteiger partial charge on any atom is 0.311 e. The van der Waals surface area contributed by atoms with E-state index < -0.39 is 0 Å². The molecule has 0 saturated carbocycles. The SMILES string of the molecule is CCCCCCOc1cccc(OC(=O)CCCC(C)C)c1OC(=O)CCCC(C)C. The Morgan fingerprint density at radius 2 is 1.35 bits per heavy atom. The Labute approximate surface area is 188 Å². The van der Waals surface area contributed by atoms with Gasteiger partial charge in [0.25, 0.3) is 0 Å². The molecule has 0 atom stereocenters. The molecular formula is C26H42O5. The summed E-state index contributed by atoms with van der Waals surface area (Å²) in [5.41, 5.74) is 0. The van der Waals surface area contributed by atoms with E-state index in [1.807, 2.05) is 0 Å². The summed E-state index contributed by atoms with van der Waals surface area (Å²) in [6.45, 7) is 11.2. The predicted octanol–water partition coefficient (Wildman–Crippen LogP) is 7.11. The Morgan fingerprint density at radius 3 is 1.94 bits per heavy atom. The Kier molecular flexibility index (Phi) is 13.7. The van der Waals surface area contributed by atoms with Gasteiger partial charge < -0.3 is 14.2 Å². The van der Waals surface area contributed by atoms with Gasteiger partial charge in [-0.2, -0.15) is 0 Å². The number of rotatable bonds is 16. The van der Waals surface area contributed by atoms with Crippen molar-refractivity contribution in [2.24, 2.45) is 11.8 Å². The van der Waals surface area contributed by atoms with Crippen molar-refractivity contribution in [2.75, 3.05) is 6.61 Å². The van der Waals surface area contributed by atoms with Crippen molar-refractivity contribution in [3.63, 3.8) is 0 Å². The van der Waals surface area contributed by atoms with Gasteiger partial charge in [-0.25, -0.2) is 0 Å². The second-order valence-electron chi connectivity index (χ2n) is 9.01. The zero-order valence-electron chi connectivity index (χ0n) is 20.2. The number of unbranched alkanes of at least 4 members (excludes halogenated alkanes) is 3. The highest BCUT2D eigenvalue weighted by Gasteiger charge is 2.19. The third-order valence-electron chi connectivity index (χ3n) is 4.96. The van der Waals surface area contributed by atoms with Crippen LogP contribution in [-0.2, 0) is 9.59 Å². The molecule has 0 amide bonds. The zero-order chi connectivity index (χ0) is 23.1. The minimum absolute atomic E-state index is 0.213. The normalized spacial score (nSPS) is 11.1. The van der Waals surface area contributed by atoms with E-state index in [2.05, 4.69) is 34.6 Å². The first-order valence-electron chi connectivity index (χ1n) is 12.0. The Hall–Kier alpha value is -2.04. The molecule has 1 aromatic carbocycles. The van der Waals surface area contributed by atoms with E-state index in [0.29, 0.717) is 37.0 Å². The minimum Gasteiger partial charge on any atom is -0.490 e. The van der Waals surface area contributed by atoms with Gasteiger partial charge in [0.1, 0.15) is 0 Å². The van der Waals surface area contributed by atoms with E-state index in [0.717, 1.165) is 51.4 Å². The molecule has 0 bridgehead atoms. The summed E-state index contributed by atoms with van der Waals surface area (Å²) in [7, 11) is 0. The maximum absolute atomic E-state index is 12.4. The molecule has 0 heterocycles. The number of esters is 2. The maximum atomic E-state index is 12.4. The second kappa shape index (κ2) is 15.7. The van der Waals surface area contributed by atoms with Gasteiger partial charge in [-0.3, -0.25) is 9.59 Å². The largest absolute Gasteiger partial charge is 0.490 e. The minimum atomic E-state index is -0.334. The van der Waals surface area contributed by atoms with E-state index in [-0.39, 0.29) is 23.4 Å².